The maximum Gasteiger partial charge on any atom is 0.161 e. The van der Waals surface area contributed by atoms with Crippen molar-refractivity contribution >= 4 is 39.9 Å². The molecule has 20 heavy (non-hydrogen) atoms. The van der Waals surface area contributed by atoms with Crippen molar-refractivity contribution < 1.29 is 8.78 Å². The highest BCUT2D eigenvalue weighted by molar-refractivity contribution is 6.37. The lowest BCUT2D eigenvalue weighted by atomic mass is 10.1. The molecule has 0 aliphatic heterocycles. The lowest BCUT2D eigenvalue weighted by Crippen LogP contribution is -1.93. The second-order valence-electron chi connectivity index (χ2n) is 4.19. The number of halogens is 4. The zero-order chi connectivity index (χ0) is 14.4. The third-order valence-electron chi connectivity index (χ3n) is 2.90. The van der Waals surface area contributed by atoms with E-state index >= 15 is 0 Å². The van der Waals surface area contributed by atoms with Gasteiger partial charge in [-0.3, -0.25) is 0 Å². The summed E-state index contributed by atoms with van der Waals surface area (Å²) in [6, 6.07) is 5.16. The predicted molar refractivity (Wildman–Crippen MR) is 75.9 cm³/mol. The first kappa shape index (κ1) is 13.1. The first-order chi connectivity index (χ1) is 9.47. The van der Waals surface area contributed by atoms with E-state index in [1.165, 1.54) is 0 Å². The summed E-state index contributed by atoms with van der Waals surface area (Å²) < 4.78 is 26.4. The van der Waals surface area contributed by atoms with Crippen LogP contribution in [0.3, 0.4) is 0 Å². The fraction of sp³-hybridized carbons (Fsp3) is 0. The Kier molecular flexibility index (Phi) is 3.03. The number of nitrogen functional groups attached to an aromatic ring is 1. The van der Waals surface area contributed by atoms with Gasteiger partial charge in [0, 0.05) is 12.1 Å². The molecule has 3 N–H and O–H groups in total. The molecule has 102 valence electrons. The van der Waals surface area contributed by atoms with E-state index in [9.17, 15) is 8.78 Å². The van der Waals surface area contributed by atoms with Crippen molar-refractivity contribution in [2.75, 3.05) is 5.73 Å². The Labute approximate surface area is 122 Å². The second-order valence-corrected chi connectivity index (χ2v) is 5.00. The molecule has 0 radical (unpaired) electrons. The Bertz CT molecular complexity index is 791. The number of nitrogens with zero attached hydrogens (tertiary/aromatic N) is 1. The fourth-order valence-corrected chi connectivity index (χ4v) is 2.34. The number of benzene rings is 2. The average molecular weight is 314 g/mol. The van der Waals surface area contributed by atoms with Crippen LogP contribution in [-0.2, 0) is 0 Å². The van der Waals surface area contributed by atoms with Gasteiger partial charge in [-0.1, -0.05) is 23.2 Å². The van der Waals surface area contributed by atoms with E-state index in [0.29, 0.717) is 26.9 Å². The summed E-state index contributed by atoms with van der Waals surface area (Å²) in [5.74, 6) is -1.63. The fourth-order valence-electron chi connectivity index (χ4n) is 1.93. The molecule has 0 saturated heterocycles. The molecule has 1 heterocycles. The van der Waals surface area contributed by atoms with Crippen molar-refractivity contribution in [2.45, 2.75) is 0 Å². The molecule has 2 aromatic carbocycles. The summed E-state index contributed by atoms with van der Waals surface area (Å²) in [6.45, 7) is 0. The number of aromatic nitrogens is 2. The number of nitrogens with two attached hydrogens (primary N) is 1. The molecule has 3 nitrogen and oxygen atoms in total. The van der Waals surface area contributed by atoms with E-state index in [1.54, 1.807) is 12.1 Å². The number of imidazole rings is 1. The maximum atomic E-state index is 13.2. The summed E-state index contributed by atoms with van der Waals surface area (Å²) in [4.78, 5) is 7.01. The van der Waals surface area contributed by atoms with E-state index in [2.05, 4.69) is 9.97 Å². The zero-order valence-electron chi connectivity index (χ0n) is 9.85. The summed E-state index contributed by atoms with van der Waals surface area (Å²) in [5, 5.41) is 0.661. The molecule has 1 aromatic heterocycles. The van der Waals surface area contributed by atoms with Crippen LogP contribution in [-0.4, -0.2) is 9.97 Å². The normalized spacial score (nSPS) is 11.2. The van der Waals surface area contributed by atoms with Crippen LogP contribution in [0.25, 0.3) is 22.4 Å². The summed E-state index contributed by atoms with van der Waals surface area (Å²) in [6.07, 6.45) is 0. The van der Waals surface area contributed by atoms with Gasteiger partial charge in [-0.2, -0.15) is 0 Å². The molecule has 0 unspecified atom stereocenters. The highest BCUT2D eigenvalue weighted by atomic mass is 35.5. The van der Waals surface area contributed by atoms with Crippen molar-refractivity contribution in [3.8, 4) is 11.4 Å². The van der Waals surface area contributed by atoms with Crippen LogP contribution in [0, 0.1) is 11.6 Å². The number of H-pyrrole nitrogens is 1. The van der Waals surface area contributed by atoms with E-state index < -0.39 is 11.6 Å². The highest BCUT2D eigenvalue weighted by Gasteiger charge is 2.16. The average Bonchev–Trinajstić information content (AvgIpc) is 2.77. The number of nitrogens with one attached hydrogen (secondary N) is 1. The molecule has 7 heteroatoms. The molecule has 0 aliphatic rings. The van der Waals surface area contributed by atoms with Gasteiger partial charge >= 0.3 is 0 Å². The standard InChI is InChI=1S/C13H7Cl2F2N3/c14-5-1-2-6(15)12(18)11(5)13-19-9-3-7(16)8(17)4-10(9)20-13/h1-4H,18H2,(H,19,20). The van der Waals surface area contributed by atoms with Crippen LogP contribution < -0.4 is 5.73 Å². The third-order valence-corrected chi connectivity index (χ3v) is 3.55. The van der Waals surface area contributed by atoms with Gasteiger partial charge in [-0.15, -0.1) is 0 Å². The van der Waals surface area contributed by atoms with Gasteiger partial charge < -0.3 is 10.7 Å². The monoisotopic (exact) mass is 313 g/mol. The summed E-state index contributed by atoms with van der Waals surface area (Å²) in [5.41, 5.74) is 7.14. The molecule has 3 rings (SSSR count). The lowest BCUT2D eigenvalue weighted by Gasteiger charge is -2.06. The number of anilines is 1. The largest absolute Gasteiger partial charge is 0.397 e. The minimum Gasteiger partial charge on any atom is -0.397 e. The predicted octanol–water partition coefficient (Wildman–Crippen LogP) is 4.40. The van der Waals surface area contributed by atoms with Gasteiger partial charge in [0.2, 0.25) is 0 Å². The smallest absolute Gasteiger partial charge is 0.161 e. The van der Waals surface area contributed by atoms with Gasteiger partial charge in [0.15, 0.2) is 11.6 Å². The molecule has 0 amide bonds. The quantitative estimate of drug-likeness (QED) is 0.654. The van der Waals surface area contributed by atoms with Gasteiger partial charge in [0.05, 0.1) is 32.3 Å². The highest BCUT2D eigenvalue weighted by Crippen LogP contribution is 2.37. The SMILES string of the molecule is Nc1c(Cl)ccc(Cl)c1-c1nc2cc(F)c(F)cc2[nH]1. The summed E-state index contributed by atoms with van der Waals surface area (Å²) in [7, 11) is 0. The van der Waals surface area contributed by atoms with Crippen molar-refractivity contribution in [3.05, 3.63) is 45.9 Å². The Balaban J connectivity index is 2.28. The first-order valence-electron chi connectivity index (χ1n) is 5.56. The molecule has 0 bridgehead atoms. The van der Waals surface area contributed by atoms with Crippen LogP contribution in [0.2, 0.25) is 10.0 Å². The Morgan fingerprint density at radius 3 is 2.45 bits per heavy atom. The van der Waals surface area contributed by atoms with Crippen LogP contribution in [0.5, 0.6) is 0 Å². The van der Waals surface area contributed by atoms with E-state index in [1.807, 2.05) is 0 Å². The maximum absolute atomic E-state index is 13.2. The minimum atomic E-state index is -0.972. The Hall–Kier alpha value is -1.85. The molecule has 0 spiro atoms. The number of aromatic amines is 1. The van der Waals surface area contributed by atoms with Gasteiger partial charge in [-0.25, -0.2) is 13.8 Å². The molecule has 3 aromatic rings. The van der Waals surface area contributed by atoms with Crippen molar-refractivity contribution in [1.82, 2.24) is 9.97 Å². The van der Waals surface area contributed by atoms with Crippen LogP contribution in [0.4, 0.5) is 14.5 Å². The molecular weight excluding hydrogens is 307 g/mol. The van der Waals surface area contributed by atoms with Crippen LogP contribution >= 0.6 is 23.2 Å². The van der Waals surface area contributed by atoms with Crippen LogP contribution in [0.1, 0.15) is 0 Å². The number of hydrogen-bond acceptors (Lipinski definition) is 2. The zero-order valence-corrected chi connectivity index (χ0v) is 11.4. The Morgan fingerprint density at radius 1 is 1.05 bits per heavy atom. The van der Waals surface area contributed by atoms with Gasteiger partial charge in [0.1, 0.15) is 5.82 Å². The number of fused-ring (bicyclic) bond motifs is 1. The van der Waals surface area contributed by atoms with Crippen LogP contribution in [0.15, 0.2) is 24.3 Å². The molecule has 0 saturated carbocycles. The first-order valence-corrected chi connectivity index (χ1v) is 6.31. The van der Waals surface area contributed by atoms with E-state index in [4.69, 9.17) is 28.9 Å². The molecule has 0 fully saturated rings. The minimum absolute atomic E-state index is 0.249. The molecule has 0 atom stereocenters. The molecule has 0 aliphatic carbocycles. The van der Waals surface area contributed by atoms with E-state index in [-0.39, 0.29) is 11.2 Å². The lowest BCUT2D eigenvalue weighted by molar-refractivity contribution is 0.510. The van der Waals surface area contributed by atoms with Crippen molar-refractivity contribution in [3.63, 3.8) is 0 Å². The number of rotatable bonds is 1. The van der Waals surface area contributed by atoms with Crippen molar-refractivity contribution in [1.29, 1.82) is 0 Å². The third kappa shape index (κ3) is 1.99. The van der Waals surface area contributed by atoms with Gasteiger partial charge in [0.25, 0.3) is 0 Å². The van der Waals surface area contributed by atoms with Crippen molar-refractivity contribution in [2.24, 2.45) is 0 Å². The van der Waals surface area contributed by atoms with Gasteiger partial charge in [-0.05, 0) is 12.1 Å². The number of hydrogen-bond donors (Lipinski definition) is 2. The Morgan fingerprint density at radius 2 is 1.70 bits per heavy atom. The molecular formula is C13H7Cl2F2N3. The second kappa shape index (κ2) is 4.61. The summed E-state index contributed by atoms with van der Waals surface area (Å²) >= 11 is 12.0. The van der Waals surface area contributed by atoms with E-state index in [0.717, 1.165) is 12.1 Å². The topological polar surface area (TPSA) is 54.7 Å².